The monoisotopic (exact) mass is 480 g/mol. The van der Waals surface area contributed by atoms with Crippen molar-refractivity contribution < 1.29 is 13.9 Å². The molecule has 1 aliphatic rings. The van der Waals surface area contributed by atoms with Gasteiger partial charge in [-0.1, -0.05) is 56.6 Å². The molecule has 0 saturated carbocycles. The maximum Gasteiger partial charge on any atom is 0.126 e. The molecule has 1 saturated heterocycles. The fourth-order valence-corrected chi connectivity index (χ4v) is 5.21. The van der Waals surface area contributed by atoms with Crippen LogP contribution >= 0.6 is 11.6 Å². The van der Waals surface area contributed by atoms with Gasteiger partial charge in [-0.15, -0.1) is 0 Å². The van der Waals surface area contributed by atoms with Gasteiger partial charge >= 0.3 is 0 Å². The predicted molar refractivity (Wildman–Crippen MR) is 129 cm³/mol. The molecule has 6 heteroatoms. The molecule has 1 N–H and O–H groups in total. The molecule has 2 unspecified atom stereocenters. The van der Waals surface area contributed by atoms with Crippen LogP contribution in [0.5, 0.6) is 0 Å². The number of nitrogens with zero attached hydrogens (tertiary/aromatic N) is 2. The number of aliphatic hydroxyl groups is 1. The van der Waals surface area contributed by atoms with Crippen molar-refractivity contribution in [1.29, 1.82) is 5.26 Å². The molecule has 3 nitrogen and oxygen atoms in total. The molecule has 3 aromatic carbocycles. The van der Waals surface area contributed by atoms with Gasteiger partial charge in [-0.3, -0.25) is 4.90 Å². The lowest BCUT2D eigenvalue weighted by Crippen LogP contribution is -2.61. The Morgan fingerprint density at radius 1 is 0.971 bits per heavy atom. The van der Waals surface area contributed by atoms with Gasteiger partial charge in [-0.25, -0.2) is 8.78 Å². The Labute approximate surface area is 204 Å². The second-order valence-electron chi connectivity index (χ2n) is 10.0. The molecule has 1 aliphatic heterocycles. The smallest absolute Gasteiger partial charge is 0.126 e. The average molecular weight is 481 g/mol. The van der Waals surface area contributed by atoms with E-state index in [0.717, 1.165) is 17.2 Å². The van der Waals surface area contributed by atoms with Crippen molar-refractivity contribution in [2.24, 2.45) is 11.3 Å². The third-order valence-corrected chi connectivity index (χ3v) is 7.08. The normalized spacial score (nSPS) is 17.5. The first kappa shape index (κ1) is 24.3. The zero-order valence-electron chi connectivity index (χ0n) is 19.4. The Bertz CT molecular complexity index is 1210. The SMILES string of the molecule is CC(C)(C)C(O)(c1cc(F)cc(F)c1)C1CN(C(c2ccc(Cl)cc2)c2cccc(C#N)c2)C1. The van der Waals surface area contributed by atoms with E-state index in [-0.39, 0.29) is 17.5 Å². The predicted octanol–water partition coefficient (Wildman–Crippen LogP) is 6.44. The highest BCUT2D eigenvalue weighted by Gasteiger charge is 2.53. The van der Waals surface area contributed by atoms with Crippen LogP contribution < -0.4 is 0 Å². The molecule has 176 valence electrons. The highest BCUT2D eigenvalue weighted by Crippen LogP contribution is 2.50. The molecule has 34 heavy (non-hydrogen) atoms. The second-order valence-corrected chi connectivity index (χ2v) is 10.5. The van der Waals surface area contributed by atoms with Gasteiger partial charge in [0.05, 0.1) is 23.3 Å². The van der Waals surface area contributed by atoms with Crippen molar-refractivity contribution in [2.75, 3.05) is 13.1 Å². The summed E-state index contributed by atoms with van der Waals surface area (Å²) >= 11 is 6.11. The summed E-state index contributed by atoms with van der Waals surface area (Å²) in [4.78, 5) is 2.21. The maximum absolute atomic E-state index is 14.1. The van der Waals surface area contributed by atoms with E-state index < -0.39 is 22.7 Å². The van der Waals surface area contributed by atoms with E-state index in [4.69, 9.17) is 11.6 Å². The fraction of sp³-hybridized carbons (Fsp3) is 0.321. The highest BCUT2D eigenvalue weighted by atomic mass is 35.5. The Hall–Kier alpha value is -2.78. The van der Waals surface area contributed by atoms with E-state index in [2.05, 4.69) is 11.0 Å². The van der Waals surface area contributed by atoms with E-state index in [0.29, 0.717) is 23.7 Å². The van der Waals surface area contributed by atoms with Gasteiger partial charge < -0.3 is 5.11 Å². The largest absolute Gasteiger partial charge is 0.384 e. The lowest BCUT2D eigenvalue weighted by atomic mass is 9.62. The number of nitriles is 1. The minimum absolute atomic E-state index is 0.157. The third kappa shape index (κ3) is 4.46. The van der Waals surface area contributed by atoms with Crippen LogP contribution in [0, 0.1) is 34.3 Å². The molecule has 1 heterocycles. The summed E-state index contributed by atoms with van der Waals surface area (Å²) in [5.41, 5.74) is 0.669. The fourth-order valence-electron chi connectivity index (χ4n) is 5.08. The van der Waals surface area contributed by atoms with Crippen molar-refractivity contribution >= 4 is 11.6 Å². The first-order valence-corrected chi connectivity index (χ1v) is 11.6. The summed E-state index contributed by atoms with van der Waals surface area (Å²) in [5.74, 6) is -1.66. The first-order valence-electron chi connectivity index (χ1n) is 11.2. The van der Waals surface area contributed by atoms with Crippen LogP contribution in [-0.2, 0) is 5.60 Å². The zero-order chi connectivity index (χ0) is 24.7. The van der Waals surface area contributed by atoms with Gasteiger partial charge in [0.1, 0.15) is 11.6 Å². The number of hydrogen-bond donors (Lipinski definition) is 1. The van der Waals surface area contributed by atoms with Crippen LogP contribution in [0.1, 0.15) is 49.1 Å². The zero-order valence-corrected chi connectivity index (χ0v) is 20.2. The summed E-state index contributed by atoms with van der Waals surface area (Å²) in [6.45, 7) is 6.66. The summed E-state index contributed by atoms with van der Waals surface area (Å²) in [7, 11) is 0. The van der Waals surface area contributed by atoms with Crippen molar-refractivity contribution in [3.63, 3.8) is 0 Å². The number of benzene rings is 3. The Morgan fingerprint density at radius 2 is 1.59 bits per heavy atom. The molecule has 3 aromatic rings. The Balaban J connectivity index is 1.70. The molecule has 0 amide bonds. The molecule has 4 rings (SSSR count). The second kappa shape index (κ2) is 9.11. The molecule has 0 aromatic heterocycles. The summed E-state index contributed by atoms with van der Waals surface area (Å²) in [6.07, 6.45) is 0. The van der Waals surface area contributed by atoms with Crippen LogP contribution in [0.25, 0.3) is 0 Å². The standard InChI is InChI=1S/C28H27ClF2N2O/c1-27(2,3)28(34,21-12-24(30)14-25(31)13-21)22-16-33(17-22)26(19-7-9-23(29)10-8-19)20-6-4-5-18(11-20)15-32/h4-14,22,26,34H,16-17H2,1-3H3. The minimum Gasteiger partial charge on any atom is -0.384 e. The minimum atomic E-state index is -1.44. The molecule has 1 fully saturated rings. The van der Waals surface area contributed by atoms with E-state index in [1.165, 1.54) is 12.1 Å². The molecule has 0 radical (unpaired) electrons. The van der Waals surface area contributed by atoms with Gasteiger partial charge in [-0.05, 0) is 58.5 Å². The van der Waals surface area contributed by atoms with Crippen LogP contribution in [0.3, 0.4) is 0 Å². The molecular weight excluding hydrogens is 454 g/mol. The van der Waals surface area contributed by atoms with Crippen LogP contribution in [0.4, 0.5) is 8.78 Å². The van der Waals surface area contributed by atoms with Crippen LogP contribution in [-0.4, -0.2) is 23.1 Å². The highest BCUT2D eigenvalue weighted by molar-refractivity contribution is 6.30. The first-order chi connectivity index (χ1) is 16.0. The number of likely N-dealkylation sites (tertiary alicyclic amines) is 1. The van der Waals surface area contributed by atoms with Crippen LogP contribution in [0.15, 0.2) is 66.7 Å². The molecule has 2 atom stereocenters. The van der Waals surface area contributed by atoms with E-state index in [9.17, 15) is 19.1 Å². The van der Waals surface area contributed by atoms with Gasteiger partial charge in [0.25, 0.3) is 0 Å². The van der Waals surface area contributed by atoms with Gasteiger partial charge in [-0.2, -0.15) is 5.26 Å². The van der Waals surface area contributed by atoms with E-state index in [1.54, 1.807) is 6.07 Å². The number of halogens is 3. The summed E-state index contributed by atoms with van der Waals surface area (Å²) in [5, 5.41) is 22.0. The van der Waals surface area contributed by atoms with Gasteiger partial charge in [0, 0.05) is 30.1 Å². The van der Waals surface area contributed by atoms with E-state index >= 15 is 0 Å². The lowest BCUT2D eigenvalue weighted by Gasteiger charge is -2.55. The summed E-state index contributed by atoms with van der Waals surface area (Å²) in [6, 6.07) is 20.3. The van der Waals surface area contributed by atoms with E-state index in [1.807, 2.05) is 63.2 Å². The van der Waals surface area contributed by atoms with Gasteiger partial charge in [0.2, 0.25) is 0 Å². The molecular formula is C28H27ClF2N2O. The van der Waals surface area contributed by atoms with Gasteiger partial charge in [0.15, 0.2) is 0 Å². The number of rotatable bonds is 5. The lowest BCUT2D eigenvalue weighted by molar-refractivity contribution is -0.162. The quantitative estimate of drug-likeness (QED) is 0.456. The van der Waals surface area contributed by atoms with Crippen molar-refractivity contribution in [2.45, 2.75) is 32.4 Å². The molecule has 0 bridgehead atoms. The van der Waals surface area contributed by atoms with Crippen molar-refractivity contribution in [3.8, 4) is 6.07 Å². The Kier molecular flexibility index (Phi) is 6.52. The third-order valence-electron chi connectivity index (χ3n) is 6.83. The topological polar surface area (TPSA) is 47.3 Å². The summed E-state index contributed by atoms with van der Waals surface area (Å²) < 4.78 is 28.2. The van der Waals surface area contributed by atoms with Crippen LogP contribution in [0.2, 0.25) is 5.02 Å². The average Bonchev–Trinajstić information content (AvgIpc) is 2.75. The van der Waals surface area contributed by atoms with Crippen molar-refractivity contribution in [3.05, 3.63) is 106 Å². The number of hydrogen-bond acceptors (Lipinski definition) is 3. The Morgan fingerprint density at radius 3 is 2.15 bits per heavy atom. The molecule has 0 spiro atoms. The molecule has 0 aliphatic carbocycles. The maximum atomic E-state index is 14.1. The van der Waals surface area contributed by atoms with Crippen molar-refractivity contribution in [1.82, 2.24) is 4.90 Å².